The van der Waals surface area contributed by atoms with Crippen LogP contribution in [0.15, 0.2) is 25.0 Å². The maximum atomic E-state index is 4.86. The van der Waals surface area contributed by atoms with Crippen LogP contribution in [0.3, 0.4) is 0 Å². The number of nitrogens with zero attached hydrogens (tertiary/aromatic N) is 1. The van der Waals surface area contributed by atoms with E-state index < -0.39 is 0 Å². The predicted molar refractivity (Wildman–Crippen MR) is 95.1 cm³/mol. The summed E-state index contributed by atoms with van der Waals surface area (Å²) in [6, 6.07) is 2.32. The fourth-order valence-corrected chi connectivity index (χ4v) is 3.07. The first-order chi connectivity index (χ1) is 10.4. The van der Waals surface area contributed by atoms with E-state index in [-0.39, 0.29) is 0 Å². The van der Waals surface area contributed by atoms with Gasteiger partial charge in [0.05, 0.1) is 11.0 Å². The van der Waals surface area contributed by atoms with Crippen molar-refractivity contribution in [1.29, 1.82) is 0 Å². The van der Waals surface area contributed by atoms with Gasteiger partial charge in [-0.05, 0) is 60.9 Å². The van der Waals surface area contributed by atoms with Crippen LogP contribution >= 0.6 is 0 Å². The van der Waals surface area contributed by atoms with Gasteiger partial charge >= 0.3 is 0 Å². The third kappa shape index (κ3) is 3.52. The molecule has 0 bridgehead atoms. The minimum atomic E-state index is 0.401. The number of fused-ring (bicyclic) bond motifs is 2. The van der Waals surface area contributed by atoms with Gasteiger partial charge in [0, 0.05) is 18.9 Å². The third-order valence-electron chi connectivity index (χ3n) is 4.63. The largest absolute Gasteiger partial charge is 0.394 e. The number of rotatable bonds is 1. The fourth-order valence-electron chi connectivity index (χ4n) is 3.07. The molecule has 0 amide bonds. The van der Waals surface area contributed by atoms with Crippen LogP contribution in [0.2, 0.25) is 0 Å². The quantitative estimate of drug-likeness (QED) is 0.821. The number of aromatic amines is 1. The highest BCUT2D eigenvalue weighted by Crippen LogP contribution is 2.37. The molecule has 120 valence electrons. The molecule has 0 fully saturated rings. The summed E-state index contributed by atoms with van der Waals surface area (Å²) in [6.07, 6.45) is 7.28. The van der Waals surface area contributed by atoms with E-state index in [9.17, 15) is 0 Å². The summed E-state index contributed by atoms with van der Waals surface area (Å²) in [7, 11) is 1.81. The zero-order valence-electron chi connectivity index (χ0n) is 14.6. The van der Waals surface area contributed by atoms with Crippen molar-refractivity contribution in [1.82, 2.24) is 15.3 Å². The Hall–Kier alpha value is -1.77. The topological polar surface area (TPSA) is 40.7 Å². The summed E-state index contributed by atoms with van der Waals surface area (Å²) in [6.45, 7) is 12.6. The molecule has 0 aliphatic heterocycles. The van der Waals surface area contributed by atoms with Crippen molar-refractivity contribution in [3.05, 3.63) is 41.9 Å². The molecule has 0 aromatic carbocycles. The van der Waals surface area contributed by atoms with Crippen LogP contribution in [0, 0.1) is 18.3 Å². The second kappa shape index (κ2) is 6.55. The molecule has 2 heterocycles. The van der Waals surface area contributed by atoms with Crippen molar-refractivity contribution in [2.75, 3.05) is 7.05 Å². The monoisotopic (exact) mass is 299 g/mol. The van der Waals surface area contributed by atoms with Gasteiger partial charge in [-0.2, -0.15) is 0 Å². The number of hydrogen-bond acceptors (Lipinski definition) is 2. The standard InChI is InChI=1S/C16H22N2.C3H7N/c1-10-9-17-14-8-11-7-12(16(2,3)4)5-6-13(11)18-15(10)14;1-3-4-2/h8-9,12,17H,5-7H2,1-4H3;3-4H,1H2,2H3. The molecular formula is C19H29N3. The summed E-state index contributed by atoms with van der Waals surface area (Å²) in [5, 5.41) is 2.69. The lowest BCUT2D eigenvalue weighted by atomic mass is 9.71. The van der Waals surface area contributed by atoms with E-state index in [0.29, 0.717) is 5.41 Å². The number of aromatic nitrogens is 2. The van der Waals surface area contributed by atoms with Crippen LogP contribution in [0.5, 0.6) is 0 Å². The zero-order chi connectivity index (χ0) is 16.3. The van der Waals surface area contributed by atoms with E-state index in [0.717, 1.165) is 17.9 Å². The Morgan fingerprint density at radius 2 is 2.09 bits per heavy atom. The van der Waals surface area contributed by atoms with Crippen molar-refractivity contribution >= 4 is 11.0 Å². The molecule has 2 N–H and O–H groups in total. The summed E-state index contributed by atoms with van der Waals surface area (Å²) in [5.74, 6) is 0.778. The van der Waals surface area contributed by atoms with Gasteiger partial charge in [-0.3, -0.25) is 4.98 Å². The van der Waals surface area contributed by atoms with E-state index in [1.165, 1.54) is 35.2 Å². The van der Waals surface area contributed by atoms with Crippen LogP contribution in [-0.4, -0.2) is 17.0 Å². The van der Waals surface area contributed by atoms with Gasteiger partial charge in [0.15, 0.2) is 0 Å². The molecule has 1 aliphatic carbocycles. The van der Waals surface area contributed by atoms with Gasteiger partial charge in [0.25, 0.3) is 0 Å². The molecular weight excluding hydrogens is 270 g/mol. The SMILES string of the molecule is C=CNC.Cc1c[nH]c2cc3c(nc12)CCC(C(C)(C)C)C3. The Bertz CT molecular complexity index is 646. The zero-order valence-corrected chi connectivity index (χ0v) is 14.6. The van der Waals surface area contributed by atoms with Crippen LogP contribution in [0.4, 0.5) is 0 Å². The minimum absolute atomic E-state index is 0.401. The fraction of sp³-hybridized carbons (Fsp3) is 0.526. The van der Waals surface area contributed by atoms with Gasteiger partial charge in [0.2, 0.25) is 0 Å². The molecule has 0 saturated carbocycles. The molecule has 2 aromatic heterocycles. The first kappa shape index (κ1) is 16.6. The first-order valence-electron chi connectivity index (χ1n) is 8.11. The summed E-state index contributed by atoms with van der Waals surface area (Å²) in [4.78, 5) is 8.19. The van der Waals surface area contributed by atoms with Crippen molar-refractivity contribution < 1.29 is 0 Å². The molecule has 3 nitrogen and oxygen atoms in total. The van der Waals surface area contributed by atoms with E-state index in [1.807, 2.05) is 7.05 Å². The Balaban J connectivity index is 0.000000396. The third-order valence-corrected chi connectivity index (χ3v) is 4.63. The van der Waals surface area contributed by atoms with Gasteiger partial charge in [-0.25, -0.2) is 0 Å². The second-order valence-electron chi connectivity index (χ2n) is 7.26. The highest BCUT2D eigenvalue weighted by molar-refractivity contribution is 5.79. The van der Waals surface area contributed by atoms with Gasteiger partial charge in [-0.15, -0.1) is 0 Å². The Morgan fingerprint density at radius 3 is 2.68 bits per heavy atom. The first-order valence-corrected chi connectivity index (χ1v) is 8.11. The summed E-state index contributed by atoms with van der Waals surface area (Å²) >= 11 is 0. The highest BCUT2D eigenvalue weighted by atomic mass is 14.8. The molecule has 0 spiro atoms. The normalized spacial score (nSPS) is 17.4. The summed E-state index contributed by atoms with van der Waals surface area (Å²) < 4.78 is 0. The molecule has 1 atom stereocenters. The molecule has 3 rings (SSSR count). The predicted octanol–water partition coefficient (Wildman–Crippen LogP) is 4.37. The molecule has 0 radical (unpaired) electrons. The minimum Gasteiger partial charge on any atom is -0.394 e. The van der Waals surface area contributed by atoms with Crippen LogP contribution < -0.4 is 5.32 Å². The lowest BCUT2D eigenvalue weighted by molar-refractivity contribution is 0.215. The number of hydrogen-bond donors (Lipinski definition) is 2. The number of H-pyrrole nitrogens is 1. The molecule has 2 aromatic rings. The van der Waals surface area contributed by atoms with Crippen molar-refractivity contribution in [3.63, 3.8) is 0 Å². The highest BCUT2D eigenvalue weighted by Gasteiger charge is 2.29. The van der Waals surface area contributed by atoms with Crippen LogP contribution in [0.25, 0.3) is 11.0 Å². The number of aryl methyl sites for hydroxylation is 2. The van der Waals surface area contributed by atoms with Gasteiger partial charge in [-0.1, -0.05) is 27.4 Å². The van der Waals surface area contributed by atoms with Crippen molar-refractivity contribution in [3.8, 4) is 0 Å². The lowest BCUT2D eigenvalue weighted by Crippen LogP contribution is -2.27. The van der Waals surface area contributed by atoms with Crippen molar-refractivity contribution in [2.24, 2.45) is 11.3 Å². The van der Waals surface area contributed by atoms with Crippen LogP contribution in [0.1, 0.15) is 44.0 Å². The van der Waals surface area contributed by atoms with E-state index in [4.69, 9.17) is 4.98 Å². The van der Waals surface area contributed by atoms with E-state index >= 15 is 0 Å². The van der Waals surface area contributed by atoms with Crippen LogP contribution in [-0.2, 0) is 12.8 Å². The molecule has 0 saturated heterocycles. The van der Waals surface area contributed by atoms with Crippen molar-refractivity contribution in [2.45, 2.75) is 47.0 Å². The Morgan fingerprint density at radius 1 is 1.41 bits per heavy atom. The smallest absolute Gasteiger partial charge is 0.0911 e. The molecule has 1 unspecified atom stereocenters. The number of pyridine rings is 1. The number of nitrogens with one attached hydrogen (secondary N) is 2. The second-order valence-corrected chi connectivity index (χ2v) is 7.26. The molecule has 3 heteroatoms. The average molecular weight is 299 g/mol. The van der Waals surface area contributed by atoms with Gasteiger partial charge in [0.1, 0.15) is 0 Å². The Kier molecular flexibility index (Phi) is 4.94. The summed E-state index contributed by atoms with van der Waals surface area (Å²) in [5.41, 5.74) is 6.79. The van der Waals surface area contributed by atoms with E-state index in [1.54, 1.807) is 6.20 Å². The molecule has 1 aliphatic rings. The van der Waals surface area contributed by atoms with Gasteiger partial charge < -0.3 is 10.3 Å². The lowest BCUT2D eigenvalue weighted by Gasteiger charge is -2.34. The maximum Gasteiger partial charge on any atom is 0.0911 e. The maximum absolute atomic E-state index is 4.86. The van der Waals surface area contributed by atoms with E-state index in [2.05, 4.69) is 56.8 Å². The Labute approximate surface area is 134 Å². The molecule has 22 heavy (non-hydrogen) atoms. The average Bonchev–Trinajstić information content (AvgIpc) is 2.84.